The van der Waals surface area contributed by atoms with Gasteiger partial charge in [0.05, 0.1) is 18.1 Å². The second-order valence-electron chi connectivity index (χ2n) is 4.18. The number of benzene rings is 2. The quantitative estimate of drug-likeness (QED) is 0.774. The van der Waals surface area contributed by atoms with Gasteiger partial charge < -0.3 is 14.3 Å². The van der Waals surface area contributed by atoms with E-state index in [-0.39, 0.29) is 11.6 Å². The Balaban J connectivity index is 2.28. The molecule has 1 aromatic heterocycles. The summed E-state index contributed by atoms with van der Waals surface area (Å²) in [5.74, 6) is 0.242. The summed E-state index contributed by atoms with van der Waals surface area (Å²) in [7, 11) is 1.45. The van der Waals surface area contributed by atoms with Crippen molar-refractivity contribution in [3.05, 3.63) is 52.8 Å². The first-order chi connectivity index (χ1) is 9.70. The minimum Gasteiger partial charge on any atom is -0.504 e. The first kappa shape index (κ1) is 12.2. The molecule has 0 spiro atoms. The van der Waals surface area contributed by atoms with Gasteiger partial charge in [-0.2, -0.15) is 4.98 Å². The maximum absolute atomic E-state index is 12.0. The predicted molar refractivity (Wildman–Crippen MR) is 73.9 cm³/mol. The first-order valence-electron chi connectivity index (χ1n) is 5.97. The zero-order valence-corrected chi connectivity index (χ0v) is 10.7. The van der Waals surface area contributed by atoms with Gasteiger partial charge >= 0.3 is 0 Å². The molecule has 1 N–H and O–H groups in total. The second-order valence-corrected chi connectivity index (χ2v) is 4.18. The van der Waals surface area contributed by atoms with Crippen molar-refractivity contribution in [3.63, 3.8) is 0 Å². The number of para-hydroxylation sites is 2. The number of hydrogen-bond acceptors (Lipinski definition) is 5. The lowest BCUT2D eigenvalue weighted by molar-refractivity contribution is 0.373. The van der Waals surface area contributed by atoms with E-state index in [2.05, 4.69) is 4.98 Å². The number of phenols is 1. The van der Waals surface area contributed by atoms with Crippen molar-refractivity contribution in [1.29, 1.82) is 0 Å². The van der Waals surface area contributed by atoms with E-state index in [9.17, 15) is 9.90 Å². The molecule has 0 saturated carbocycles. The fraction of sp³-hybridized carbons (Fsp3) is 0.0667. The molecule has 0 unspecified atom stereocenters. The van der Waals surface area contributed by atoms with E-state index in [0.29, 0.717) is 22.3 Å². The topological polar surface area (TPSA) is 72.6 Å². The van der Waals surface area contributed by atoms with Gasteiger partial charge in [0, 0.05) is 0 Å². The van der Waals surface area contributed by atoms with Gasteiger partial charge in [-0.05, 0) is 24.3 Å². The molecular formula is C15H11NO4. The molecule has 20 heavy (non-hydrogen) atoms. The van der Waals surface area contributed by atoms with Crippen LogP contribution in [0.15, 0.2) is 51.7 Å². The van der Waals surface area contributed by atoms with Crippen LogP contribution in [0.1, 0.15) is 0 Å². The monoisotopic (exact) mass is 269 g/mol. The number of methoxy groups -OCH3 is 1. The lowest BCUT2D eigenvalue weighted by atomic mass is 10.2. The third-order valence-corrected chi connectivity index (χ3v) is 2.98. The summed E-state index contributed by atoms with van der Waals surface area (Å²) in [5.41, 5.74) is 0.334. The molecule has 0 saturated heterocycles. The van der Waals surface area contributed by atoms with Crippen LogP contribution < -0.4 is 10.3 Å². The number of nitrogens with zero attached hydrogens (tertiary/aromatic N) is 1. The van der Waals surface area contributed by atoms with E-state index in [1.165, 1.54) is 7.11 Å². The lowest BCUT2D eigenvalue weighted by Gasteiger charge is -2.07. The average molecular weight is 269 g/mol. The third-order valence-electron chi connectivity index (χ3n) is 2.98. The number of hydrogen-bond donors (Lipinski definition) is 1. The van der Waals surface area contributed by atoms with Crippen LogP contribution in [0.3, 0.4) is 0 Å². The molecule has 1 heterocycles. The SMILES string of the molecule is COc1cccc(-c2nc(=O)c3ccccc3o2)c1O. The van der Waals surface area contributed by atoms with Gasteiger partial charge in [0.1, 0.15) is 5.58 Å². The summed E-state index contributed by atoms with van der Waals surface area (Å²) in [6.45, 7) is 0. The molecule has 3 aromatic rings. The van der Waals surface area contributed by atoms with E-state index in [0.717, 1.165) is 0 Å². The average Bonchev–Trinajstić information content (AvgIpc) is 2.47. The molecule has 0 atom stereocenters. The van der Waals surface area contributed by atoms with E-state index in [4.69, 9.17) is 9.15 Å². The number of ether oxygens (including phenoxy) is 1. The summed E-state index contributed by atoms with van der Waals surface area (Å²) >= 11 is 0. The van der Waals surface area contributed by atoms with Gasteiger partial charge in [-0.25, -0.2) is 0 Å². The lowest BCUT2D eigenvalue weighted by Crippen LogP contribution is -2.07. The standard InChI is InChI=1S/C15H11NO4/c1-19-12-8-4-6-10(13(12)17)15-16-14(18)9-5-2-3-7-11(9)20-15/h2-8,17H,1H3. The van der Waals surface area contributed by atoms with Crippen molar-refractivity contribution in [2.75, 3.05) is 7.11 Å². The zero-order chi connectivity index (χ0) is 14.1. The molecule has 2 aromatic carbocycles. The Morgan fingerprint density at radius 2 is 1.95 bits per heavy atom. The smallest absolute Gasteiger partial charge is 0.284 e. The van der Waals surface area contributed by atoms with Crippen LogP contribution in [-0.4, -0.2) is 17.2 Å². The highest BCUT2D eigenvalue weighted by atomic mass is 16.5. The summed E-state index contributed by atoms with van der Waals surface area (Å²) in [6.07, 6.45) is 0. The van der Waals surface area contributed by atoms with E-state index in [1.54, 1.807) is 42.5 Å². The predicted octanol–water partition coefficient (Wildman–Crippen LogP) is 2.57. The van der Waals surface area contributed by atoms with Gasteiger partial charge in [-0.1, -0.05) is 18.2 Å². The van der Waals surface area contributed by atoms with Crippen LogP contribution in [-0.2, 0) is 0 Å². The molecule has 5 nitrogen and oxygen atoms in total. The van der Waals surface area contributed by atoms with Crippen LogP contribution in [0.2, 0.25) is 0 Å². The van der Waals surface area contributed by atoms with Gasteiger partial charge in [-0.3, -0.25) is 4.79 Å². The third kappa shape index (κ3) is 1.89. The van der Waals surface area contributed by atoms with Crippen LogP contribution in [0.4, 0.5) is 0 Å². The Labute approximate surface area is 114 Å². The molecule has 0 aliphatic rings. The van der Waals surface area contributed by atoms with Crippen LogP contribution in [0.5, 0.6) is 11.5 Å². The Bertz CT molecular complexity index is 839. The summed E-state index contributed by atoms with van der Waals surface area (Å²) < 4.78 is 10.6. The molecule has 5 heteroatoms. The number of fused-ring (bicyclic) bond motifs is 1. The Kier molecular flexibility index (Phi) is 2.87. The Morgan fingerprint density at radius 1 is 1.15 bits per heavy atom. The molecule has 0 amide bonds. The van der Waals surface area contributed by atoms with Crippen molar-refractivity contribution in [2.24, 2.45) is 0 Å². The van der Waals surface area contributed by atoms with Crippen LogP contribution in [0.25, 0.3) is 22.4 Å². The van der Waals surface area contributed by atoms with E-state index >= 15 is 0 Å². The number of phenolic OH excluding ortho intramolecular Hbond substituents is 1. The highest BCUT2D eigenvalue weighted by Gasteiger charge is 2.14. The maximum Gasteiger partial charge on any atom is 0.284 e. The zero-order valence-electron chi connectivity index (χ0n) is 10.7. The number of aromatic hydroxyl groups is 1. The Hall–Kier alpha value is -2.82. The van der Waals surface area contributed by atoms with Gasteiger partial charge in [0.15, 0.2) is 11.5 Å². The maximum atomic E-state index is 12.0. The molecule has 0 fully saturated rings. The molecule has 3 rings (SSSR count). The molecular weight excluding hydrogens is 258 g/mol. The molecule has 100 valence electrons. The summed E-state index contributed by atoms with van der Waals surface area (Å²) in [5, 5.41) is 10.5. The van der Waals surface area contributed by atoms with Gasteiger partial charge in [0.25, 0.3) is 5.56 Å². The van der Waals surface area contributed by atoms with E-state index < -0.39 is 5.56 Å². The number of aromatic nitrogens is 1. The molecule has 0 radical (unpaired) electrons. The fourth-order valence-electron chi connectivity index (χ4n) is 1.99. The molecule has 0 bridgehead atoms. The van der Waals surface area contributed by atoms with E-state index in [1.807, 2.05) is 0 Å². The Morgan fingerprint density at radius 3 is 2.75 bits per heavy atom. The number of rotatable bonds is 2. The highest BCUT2D eigenvalue weighted by molar-refractivity contribution is 5.77. The van der Waals surface area contributed by atoms with Crippen molar-refractivity contribution in [3.8, 4) is 23.0 Å². The van der Waals surface area contributed by atoms with Crippen molar-refractivity contribution in [2.45, 2.75) is 0 Å². The summed E-state index contributed by atoms with van der Waals surface area (Å²) in [4.78, 5) is 15.8. The van der Waals surface area contributed by atoms with Gasteiger partial charge in [-0.15, -0.1) is 0 Å². The second kappa shape index (κ2) is 4.70. The molecule has 0 aliphatic carbocycles. The normalized spacial score (nSPS) is 10.7. The van der Waals surface area contributed by atoms with Crippen LogP contribution in [0, 0.1) is 0 Å². The van der Waals surface area contributed by atoms with Crippen molar-refractivity contribution < 1.29 is 14.3 Å². The van der Waals surface area contributed by atoms with Crippen molar-refractivity contribution in [1.82, 2.24) is 4.98 Å². The van der Waals surface area contributed by atoms with Gasteiger partial charge in [0.2, 0.25) is 5.89 Å². The first-order valence-corrected chi connectivity index (χ1v) is 5.97. The minimum absolute atomic E-state index is 0.0603. The molecule has 0 aliphatic heterocycles. The highest BCUT2D eigenvalue weighted by Crippen LogP contribution is 2.36. The fourth-order valence-corrected chi connectivity index (χ4v) is 1.99. The summed E-state index contributed by atoms with van der Waals surface area (Å²) in [6, 6.07) is 11.7. The largest absolute Gasteiger partial charge is 0.504 e. The minimum atomic E-state index is -0.399. The van der Waals surface area contributed by atoms with Crippen LogP contribution >= 0.6 is 0 Å². The van der Waals surface area contributed by atoms with Crippen molar-refractivity contribution >= 4 is 11.0 Å².